The van der Waals surface area contributed by atoms with E-state index in [1.54, 1.807) is 11.0 Å². The molecule has 1 fully saturated rings. The summed E-state index contributed by atoms with van der Waals surface area (Å²) in [6, 6.07) is 11.4. The minimum atomic E-state index is -1.35. The first-order chi connectivity index (χ1) is 25.8. The third-order valence-corrected chi connectivity index (χ3v) is 11.1. The summed E-state index contributed by atoms with van der Waals surface area (Å²) < 4.78 is 26.3. The Morgan fingerprint density at radius 3 is 2.49 bits per heavy atom. The van der Waals surface area contributed by atoms with Crippen molar-refractivity contribution in [2.24, 2.45) is 22.9 Å². The fourth-order valence-corrected chi connectivity index (χ4v) is 8.64. The van der Waals surface area contributed by atoms with Gasteiger partial charge in [-0.25, -0.2) is 4.79 Å². The maximum atomic E-state index is 13.9. The summed E-state index contributed by atoms with van der Waals surface area (Å²) in [5.41, 5.74) is 5.03. The molecule has 10 nitrogen and oxygen atoms in total. The van der Waals surface area contributed by atoms with Crippen LogP contribution in [-0.2, 0) is 14.3 Å². The van der Waals surface area contributed by atoms with Gasteiger partial charge >= 0.3 is 6.09 Å². The zero-order valence-electron chi connectivity index (χ0n) is 31.7. The summed E-state index contributed by atoms with van der Waals surface area (Å²) in [7, 11) is 1.54. The lowest BCUT2D eigenvalue weighted by Gasteiger charge is -2.59. The van der Waals surface area contributed by atoms with Crippen LogP contribution in [0.25, 0.3) is 0 Å². The Balaban J connectivity index is 1.76. The van der Waals surface area contributed by atoms with Gasteiger partial charge in [0.2, 0.25) is 5.79 Å². The van der Waals surface area contributed by atoms with E-state index in [-0.39, 0.29) is 50.1 Å². The first kappa shape index (κ1) is 40.6. The normalized spacial score (nSPS) is 25.1. The van der Waals surface area contributed by atoms with Crippen molar-refractivity contribution >= 4 is 23.4 Å². The third kappa shape index (κ3) is 8.88. The summed E-state index contributed by atoms with van der Waals surface area (Å²) in [5, 5.41) is 24.2. The van der Waals surface area contributed by atoms with E-state index in [1.807, 2.05) is 31.2 Å². The number of halogens is 1. The zero-order chi connectivity index (χ0) is 38.0. The smallest absolute Gasteiger partial charge is 0.410 e. The lowest BCUT2D eigenvalue weighted by atomic mass is 9.55. The lowest BCUT2D eigenvalue weighted by Crippen LogP contribution is -2.70. The van der Waals surface area contributed by atoms with Crippen LogP contribution in [0, 0.1) is 31.6 Å². The van der Waals surface area contributed by atoms with Gasteiger partial charge in [0, 0.05) is 37.7 Å². The largest absolute Gasteiger partial charge is 0.459 e. The Bertz CT molecular complexity index is 1610. The molecule has 6 atom stereocenters. The second kappa shape index (κ2) is 19.1. The maximum Gasteiger partial charge on any atom is 0.410 e. The maximum absolute atomic E-state index is 13.9. The van der Waals surface area contributed by atoms with Crippen LogP contribution in [0.4, 0.5) is 4.79 Å². The number of rotatable bonds is 19. The minimum absolute atomic E-state index is 0.0689. The lowest BCUT2D eigenvalue weighted by molar-refractivity contribution is -0.255. The average Bonchev–Trinajstić information content (AvgIpc) is 3.15. The van der Waals surface area contributed by atoms with Crippen molar-refractivity contribution in [2.45, 2.75) is 89.9 Å². The first-order valence-corrected chi connectivity index (χ1v) is 19.7. The highest BCUT2D eigenvalue weighted by Crippen LogP contribution is 2.62. The second-order valence-electron chi connectivity index (χ2n) is 14.3. The van der Waals surface area contributed by atoms with E-state index in [0.717, 1.165) is 53.8 Å². The van der Waals surface area contributed by atoms with Gasteiger partial charge in [-0.2, -0.15) is 0 Å². The predicted octanol–water partition coefficient (Wildman–Crippen LogP) is 8.45. The molecule has 3 aliphatic rings. The topological polar surface area (TPSA) is 119 Å². The Morgan fingerprint density at radius 1 is 1.08 bits per heavy atom. The first-order valence-electron chi connectivity index (χ1n) is 19.1. The molecule has 0 aromatic heterocycles. The number of hydrogen-bond donors (Lipinski definition) is 2. The third-order valence-electron chi connectivity index (χ3n) is 10.9. The summed E-state index contributed by atoms with van der Waals surface area (Å²) >= 11 is 5.97. The van der Waals surface area contributed by atoms with Crippen LogP contribution in [0.3, 0.4) is 0 Å². The molecule has 11 heteroatoms. The monoisotopic (exact) mass is 752 g/mol. The molecule has 0 bridgehead atoms. The number of nitrogens with zero attached hydrogens (tertiary/aromatic N) is 2. The number of oxime groups is 1. The molecule has 6 unspecified atom stereocenters. The van der Waals surface area contributed by atoms with Gasteiger partial charge in [-0.05, 0) is 105 Å². The molecular weight excluding hydrogens is 696 g/mol. The highest BCUT2D eigenvalue weighted by atomic mass is 35.5. The molecule has 5 rings (SSSR count). The van der Waals surface area contributed by atoms with Crippen molar-refractivity contribution in [3.05, 3.63) is 77.4 Å². The Morgan fingerprint density at radius 2 is 1.81 bits per heavy atom. The molecule has 2 aromatic carbocycles. The number of unbranched alkanes of at least 4 members (excludes halogenated alkanes) is 2. The number of alkyl halides is 1. The molecular formula is C42H57ClN2O8. The number of aliphatic hydroxyl groups excluding tert-OH is 2. The van der Waals surface area contributed by atoms with E-state index < -0.39 is 23.8 Å². The van der Waals surface area contributed by atoms with Gasteiger partial charge in [-0.3, -0.25) is 4.90 Å². The number of amides is 1. The van der Waals surface area contributed by atoms with Gasteiger partial charge in [0.05, 0.1) is 24.1 Å². The van der Waals surface area contributed by atoms with Crippen LogP contribution in [0.15, 0.2) is 65.9 Å². The van der Waals surface area contributed by atoms with Crippen molar-refractivity contribution in [3.8, 4) is 17.2 Å². The van der Waals surface area contributed by atoms with E-state index in [9.17, 15) is 15.0 Å². The van der Waals surface area contributed by atoms with Gasteiger partial charge in [0.15, 0.2) is 0 Å². The molecule has 2 aromatic rings. The SMILES string of the molecule is C=CCOC12Oc3ccc(Oc4ccc(C)c(C)c4)cc3C3C(CCCCO)C(CCCCO)C=C(C(=NOC)CC1N(CCC)C(=O)OCCCl)C32. The Hall–Kier alpha value is -3.57. The van der Waals surface area contributed by atoms with E-state index in [4.69, 9.17) is 35.4 Å². The quantitative estimate of drug-likeness (QED) is 0.0635. The van der Waals surface area contributed by atoms with Crippen LogP contribution in [0.2, 0.25) is 0 Å². The molecule has 290 valence electrons. The number of allylic oxidation sites excluding steroid dienone is 1. The zero-order valence-corrected chi connectivity index (χ0v) is 32.5. The van der Waals surface area contributed by atoms with Crippen molar-refractivity contribution in [1.29, 1.82) is 0 Å². The Kier molecular flexibility index (Phi) is 14.7. The Labute approximate surface area is 319 Å². The molecule has 1 amide bonds. The molecule has 2 N–H and O–H groups in total. The number of carbonyl (C=O) groups excluding carboxylic acids is 1. The second-order valence-corrected chi connectivity index (χ2v) is 14.7. The van der Waals surface area contributed by atoms with Gasteiger partial charge in [0.25, 0.3) is 0 Å². The van der Waals surface area contributed by atoms with Crippen LogP contribution in [-0.4, -0.2) is 84.7 Å². The number of aryl methyl sites for hydroxylation is 2. The van der Waals surface area contributed by atoms with Crippen molar-refractivity contribution in [3.63, 3.8) is 0 Å². The number of hydrogen-bond acceptors (Lipinski definition) is 9. The number of carbonyl (C=O) groups is 1. The molecule has 1 aliphatic heterocycles. The standard InChI is InChI=1S/C42H57ClN2O8/c1-6-19-45(41(48)50-23-18-43)38-27-36(44-49-5)34-25-30(12-8-10-20-46)33(13-9-11-21-47)39-35-26-32(52-31-15-14-28(3)29(4)24-31)16-17-37(35)53-42(38,40(34)39)51-22-7-2/h7,14-17,24-26,30,33,38-40,46-47H,2,6,8-13,18-23,27H2,1,3-5H3. The highest BCUT2D eigenvalue weighted by molar-refractivity contribution is 6.18. The van der Waals surface area contributed by atoms with Gasteiger partial charge in [-0.1, -0.05) is 43.1 Å². The van der Waals surface area contributed by atoms with Crippen LogP contribution in [0.1, 0.15) is 80.9 Å². The molecule has 2 aliphatic carbocycles. The minimum Gasteiger partial charge on any atom is -0.459 e. The molecule has 53 heavy (non-hydrogen) atoms. The van der Waals surface area contributed by atoms with Gasteiger partial charge < -0.3 is 34.0 Å². The molecule has 0 radical (unpaired) electrons. The summed E-state index contributed by atoms with van der Waals surface area (Å²) in [6.45, 7) is 11.0. The van der Waals surface area contributed by atoms with Gasteiger partial charge in [0.1, 0.15) is 37.0 Å². The van der Waals surface area contributed by atoms with Crippen LogP contribution < -0.4 is 9.47 Å². The summed E-state index contributed by atoms with van der Waals surface area (Å²) in [5.74, 6) is 0.587. The van der Waals surface area contributed by atoms with E-state index in [0.29, 0.717) is 43.7 Å². The van der Waals surface area contributed by atoms with Crippen LogP contribution >= 0.6 is 11.6 Å². The van der Waals surface area contributed by atoms with Crippen molar-refractivity contribution in [2.75, 3.05) is 46.0 Å². The fraction of sp³-hybridized carbons (Fsp3) is 0.571. The number of benzene rings is 2. The van der Waals surface area contributed by atoms with Crippen molar-refractivity contribution in [1.82, 2.24) is 4.90 Å². The number of aliphatic hydroxyl groups is 2. The average molecular weight is 753 g/mol. The number of ether oxygens (including phenoxy) is 4. The molecule has 0 saturated heterocycles. The van der Waals surface area contributed by atoms with E-state index >= 15 is 0 Å². The number of fused-ring (bicyclic) bond motifs is 2. The molecule has 1 saturated carbocycles. The predicted molar refractivity (Wildman–Crippen MR) is 207 cm³/mol. The van der Waals surface area contributed by atoms with E-state index in [2.05, 4.69) is 43.8 Å². The van der Waals surface area contributed by atoms with E-state index in [1.165, 1.54) is 12.7 Å². The fourth-order valence-electron chi connectivity index (χ4n) is 8.56. The van der Waals surface area contributed by atoms with Crippen LogP contribution in [0.5, 0.6) is 17.2 Å². The summed E-state index contributed by atoms with van der Waals surface area (Å²) in [6.07, 6.45) is 9.27. The summed E-state index contributed by atoms with van der Waals surface area (Å²) in [4.78, 5) is 21.1. The molecule has 1 heterocycles. The van der Waals surface area contributed by atoms with Crippen molar-refractivity contribution < 1.29 is 38.8 Å². The molecule has 0 spiro atoms. The highest BCUT2D eigenvalue weighted by Gasteiger charge is 2.65. The van der Waals surface area contributed by atoms with Gasteiger partial charge in [-0.15, -0.1) is 18.2 Å².